The lowest BCUT2D eigenvalue weighted by atomic mass is 10.2. The monoisotopic (exact) mass is 554 g/mol. The van der Waals surface area contributed by atoms with E-state index in [1.807, 2.05) is 31.2 Å². The van der Waals surface area contributed by atoms with Crippen LogP contribution in [0.1, 0.15) is 5.69 Å². The number of sulfonamides is 1. The van der Waals surface area contributed by atoms with Gasteiger partial charge in [-0.25, -0.2) is 17.8 Å². The molecule has 13 heteroatoms. The average molecular weight is 555 g/mol. The first-order chi connectivity index (χ1) is 18.7. The van der Waals surface area contributed by atoms with Gasteiger partial charge >= 0.3 is 0 Å². The highest BCUT2D eigenvalue weighted by atomic mass is 32.2. The molecule has 1 saturated heterocycles. The number of ether oxygens (including phenoxy) is 1. The molecule has 0 bridgehead atoms. The summed E-state index contributed by atoms with van der Waals surface area (Å²) in [5, 5.41) is 6.61. The molecule has 0 spiro atoms. The smallest absolute Gasteiger partial charge is 0.229 e. The Balaban J connectivity index is 1.18. The normalized spacial score (nSPS) is 14.9. The second-order valence-electron chi connectivity index (χ2n) is 9.41. The van der Waals surface area contributed by atoms with Gasteiger partial charge in [0.15, 0.2) is 5.82 Å². The van der Waals surface area contributed by atoms with Gasteiger partial charge in [0.1, 0.15) is 18.2 Å². The molecule has 11 nitrogen and oxygen atoms in total. The lowest BCUT2D eigenvalue weighted by Gasteiger charge is -2.33. The molecule has 4 N–H and O–H groups in total. The minimum Gasteiger partial charge on any atom is -0.492 e. The highest BCUT2D eigenvalue weighted by molar-refractivity contribution is 7.88. The molecule has 4 aromatic rings. The zero-order valence-electron chi connectivity index (χ0n) is 21.8. The second kappa shape index (κ2) is 11.0. The third kappa shape index (κ3) is 6.21. The number of nitrogens with zero attached hydrogens (tertiary/aromatic N) is 5. The van der Waals surface area contributed by atoms with Crippen LogP contribution in [0.15, 0.2) is 54.7 Å². The van der Waals surface area contributed by atoms with Gasteiger partial charge in [-0.3, -0.25) is 9.58 Å². The van der Waals surface area contributed by atoms with Crippen molar-refractivity contribution in [2.45, 2.75) is 6.92 Å². The summed E-state index contributed by atoms with van der Waals surface area (Å²) in [6, 6.07) is 14.2. The molecule has 3 heterocycles. The molecular formula is C26H31FN8O3S. The molecule has 1 aliphatic rings. The van der Waals surface area contributed by atoms with Crippen LogP contribution in [-0.4, -0.2) is 77.9 Å². The maximum Gasteiger partial charge on any atom is 0.229 e. The van der Waals surface area contributed by atoms with E-state index in [1.54, 1.807) is 30.5 Å². The number of fused-ring (bicyclic) bond motifs is 1. The van der Waals surface area contributed by atoms with Crippen molar-refractivity contribution in [1.82, 2.24) is 23.8 Å². The van der Waals surface area contributed by atoms with E-state index < -0.39 is 15.8 Å². The number of nitrogens with one attached hydrogen (secondary N) is 2. The SMILES string of the molecule is Cc1cc2c(F)c(Nc3ccnc(Nc4cccc(OCCN5CCN(S(C)(=O)=O)CC5)c4)n3)ccc2n1N. The highest BCUT2D eigenvalue weighted by Gasteiger charge is 2.23. The Morgan fingerprint density at radius 2 is 1.87 bits per heavy atom. The highest BCUT2D eigenvalue weighted by Crippen LogP contribution is 2.28. The molecule has 0 radical (unpaired) electrons. The number of anilines is 4. The molecule has 0 unspecified atom stereocenters. The number of nitrogens with two attached hydrogens (primary N) is 1. The fraction of sp³-hybridized carbons (Fsp3) is 0.308. The molecule has 206 valence electrons. The Morgan fingerprint density at radius 1 is 1.08 bits per heavy atom. The Kier molecular flexibility index (Phi) is 7.55. The van der Waals surface area contributed by atoms with Crippen molar-refractivity contribution in [2.75, 3.05) is 62.1 Å². The van der Waals surface area contributed by atoms with E-state index in [-0.39, 0.29) is 5.69 Å². The fourth-order valence-corrected chi connectivity index (χ4v) is 5.32. The summed E-state index contributed by atoms with van der Waals surface area (Å²) in [6.07, 6.45) is 2.82. The van der Waals surface area contributed by atoms with E-state index in [9.17, 15) is 8.42 Å². The molecule has 0 saturated carbocycles. The number of benzene rings is 2. The van der Waals surface area contributed by atoms with Gasteiger partial charge < -0.3 is 21.2 Å². The minimum absolute atomic E-state index is 0.283. The van der Waals surface area contributed by atoms with Crippen molar-refractivity contribution < 1.29 is 17.5 Å². The molecular weight excluding hydrogens is 523 g/mol. The largest absolute Gasteiger partial charge is 0.492 e. The van der Waals surface area contributed by atoms with E-state index in [0.29, 0.717) is 67.7 Å². The summed E-state index contributed by atoms with van der Waals surface area (Å²) < 4.78 is 47.3. The molecule has 5 rings (SSSR count). The van der Waals surface area contributed by atoms with Crippen LogP contribution < -0.4 is 21.2 Å². The molecule has 1 fully saturated rings. The van der Waals surface area contributed by atoms with Gasteiger partial charge in [0.05, 0.1) is 17.5 Å². The second-order valence-corrected chi connectivity index (χ2v) is 11.4. The number of hydrogen-bond acceptors (Lipinski definition) is 9. The van der Waals surface area contributed by atoms with Crippen molar-refractivity contribution in [2.24, 2.45) is 0 Å². The number of nitrogen functional groups attached to an aromatic ring is 1. The predicted molar refractivity (Wildman–Crippen MR) is 150 cm³/mol. The summed E-state index contributed by atoms with van der Waals surface area (Å²) in [5.74, 6) is 7.00. The third-order valence-corrected chi connectivity index (χ3v) is 7.94. The lowest BCUT2D eigenvalue weighted by Crippen LogP contribution is -2.49. The Morgan fingerprint density at radius 3 is 2.64 bits per heavy atom. The Bertz CT molecular complexity index is 1590. The maximum atomic E-state index is 15.1. The van der Waals surface area contributed by atoms with Crippen LogP contribution >= 0.6 is 0 Å². The number of aryl methyl sites for hydroxylation is 1. The average Bonchev–Trinajstić information content (AvgIpc) is 3.20. The van der Waals surface area contributed by atoms with Crippen LogP contribution in [0.3, 0.4) is 0 Å². The van der Waals surface area contributed by atoms with E-state index in [4.69, 9.17) is 10.6 Å². The zero-order chi connectivity index (χ0) is 27.6. The summed E-state index contributed by atoms with van der Waals surface area (Å²) in [4.78, 5) is 10.9. The molecule has 1 aliphatic heterocycles. The first-order valence-electron chi connectivity index (χ1n) is 12.5. The van der Waals surface area contributed by atoms with Crippen molar-refractivity contribution in [3.05, 3.63) is 66.2 Å². The van der Waals surface area contributed by atoms with Crippen LogP contribution in [0.2, 0.25) is 0 Å². The first-order valence-corrected chi connectivity index (χ1v) is 14.4. The van der Waals surface area contributed by atoms with Crippen molar-refractivity contribution in [1.29, 1.82) is 0 Å². The van der Waals surface area contributed by atoms with Gasteiger partial charge in [0.25, 0.3) is 0 Å². The van der Waals surface area contributed by atoms with Crippen LogP contribution in [0.4, 0.5) is 27.5 Å². The summed E-state index contributed by atoms with van der Waals surface area (Å²) in [7, 11) is -3.14. The van der Waals surface area contributed by atoms with E-state index in [0.717, 1.165) is 11.4 Å². The van der Waals surface area contributed by atoms with Gasteiger partial charge in [0, 0.05) is 61.8 Å². The van der Waals surface area contributed by atoms with Gasteiger partial charge in [-0.1, -0.05) is 6.07 Å². The summed E-state index contributed by atoms with van der Waals surface area (Å²) in [6.45, 7) is 5.33. The van der Waals surface area contributed by atoms with Crippen molar-refractivity contribution in [3.8, 4) is 5.75 Å². The zero-order valence-corrected chi connectivity index (χ0v) is 22.6. The molecule has 0 aliphatic carbocycles. The standard InChI is InChI=1S/C26H31FN8O3S/c1-18-16-21-23(35(18)28)7-6-22(25(21)27)31-24-8-9-29-26(32-24)30-19-4-3-5-20(17-19)38-15-14-33-10-12-34(13-11-33)39(2,36)37/h3-9,16-17H,10-15,28H2,1-2H3,(H2,29,30,31,32). The summed E-state index contributed by atoms with van der Waals surface area (Å²) in [5.41, 5.74) is 2.38. The predicted octanol–water partition coefficient (Wildman–Crippen LogP) is 3.04. The fourth-order valence-electron chi connectivity index (χ4n) is 4.49. The Hall–Kier alpha value is -3.94. The third-order valence-electron chi connectivity index (χ3n) is 6.63. The van der Waals surface area contributed by atoms with Gasteiger partial charge in [-0.2, -0.15) is 9.29 Å². The summed E-state index contributed by atoms with van der Waals surface area (Å²) >= 11 is 0. The number of halogens is 1. The number of rotatable bonds is 9. The topological polar surface area (TPSA) is 131 Å². The van der Waals surface area contributed by atoms with Gasteiger partial charge in [-0.15, -0.1) is 0 Å². The van der Waals surface area contributed by atoms with Gasteiger partial charge in [-0.05, 0) is 43.3 Å². The maximum absolute atomic E-state index is 15.1. The van der Waals surface area contributed by atoms with Crippen molar-refractivity contribution >= 4 is 44.1 Å². The first kappa shape index (κ1) is 26.7. The quantitative estimate of drug-likeness (QED) is 0.267. The van der Waals surface area contributed by atoms with Gasteiger partial charge in [0.2, 0.25) is 16.0 Å². The van der Waals surface area contributed by atoms with Crippen LogP contribution in [0.5, 0.6) is 5.75 Å². The lowest BCUT2D eigenvalue weighted by molar-refractivity contribution is 0.159. The number of aromatic nitrogens is 3. The van der Waals surface area contributed by atoms with Crippen LogP contribution in [0.25, 0.3) is 10.9 Å². The van der Waals surface area contributed by atoms with E-state index in [2.05, 4.69) is 25.5 Å². The van der Waals surface area contributed by atoms with Crippen LogP contribution in [-0.2, 0) is 10.0 Å². The molecule has 0 atom stereocenters. The molecule has 39 heavy (non-hydrogen) atoms. The molecule has 0 amide bonds. The van der Waals surface area contributed by atoms with Crippen molar-refractivity contribution in [3.63, 3.8) is 0 Å². The van der Waals surface area contributed by atoms with E-state index in [1.165, 1.54) is 15.2 Å². The minimum atomic E-state index is -3.14. The van der Waals surface area contributed by atoms with Crippen LogP contribution in [0, 0.1) is 12.7 Å². The number of hydrogen-bond donors (Lipinski definition) is 3. The number of piperazine rings is 1. The molecule has 2 aromatic heterocycles. The Labute approximate surface area is 226 Å². The van der Waals surface area contributed by atoms with E-state index >= 15 is 4.39 Å². The molecule has 2 aromatic carbocycles.